The highest BCUT2D eigenvalue weighted by Crippen LogP contribution is 2.26. The quantitative estimate of drug-likeness (QED) is 0.850. The number of aromatic nitrogens is 1. The van der Waals surface area contributed by atoms with Crippen LogP contribution in [-0.4, -0.2) is 10.4 Å². The SMILES string of the molecule is CC(=O)C=C(C)Nc1cc2c(cc1C)cc(C)n2C. The largest absolute Gasteiger partial charge is 0.359 e. The molecule has 3 heteroatoms. The number of benzene rings is 1. The number of carbonyl (C=O) groups excluding carboxylic acids is 1. The molecule has 1 aromatic heterocycles. The van der Waals surface area contributed by atoms with E-state index >= 15 is 0 Å². The molecule has 0 radical (unpaired) electrons. The lowest BCUT2D eigenvalue weighted by atomic mass is 10.1. The van der Waals surface area contributed by atoms with E-state index in [1.165, 1.54) is 22.2 Å². The van der Waals surface area contributed by atoms with E-state index in [1.807, 2.05) is 6.92 Å². The van der Waals surface area contributed by atoms with Crippen molar-refractivity contribution in [2.75, 3.05) is 5.32 Å². The predicted octanol–water partition coefficient (Wildman–Crippen LogP) is 3.70. The summed E-state index contributed by atoms with van der Waals surface area (Å²) in [6.07, 6.45) is 1.61. The van der Waals surface area contributed by atoms with Gasteiger partial charge in [-0.25, -0.2) is 0 Å². The maximum Gasteiger partial charge on any atom is 0.154 e. The summed E-state index contributed by atoms with van der Waals surface area (Å²) >= 11 is 0. The number of nitrogens with one attached hydrogen (secondary N) is 1. The van der Waals surface area contributed by atoms with E-state index in [4.69, 9.17) is 0 Å². The highest BCUT2D eigenvalue weighted by molar-refractivity contribution is 5.89. The summed E-state index contributed by atoms with van der Waals surface area (Å²) in [6.45, 7) is 7.64. The Bertz CT molecular complexity index is 678. The van der Waals surface area contributed by atoms with Gasteiger partial charge in [0.15, 0.2) is 5.78 Å². The Morgan fingerprint density at radius 2 is 1.89 bits per heavy atom. The Hall–Kier alpha value is -2.03. The lowest BCUT2D eigenvalue weighted by molar-refractivity contribution is -0.112. The van der Waals surface area contributed by atoms with Crippen molar-refractivity contribution in [1.29, 1.82) is 0 Å². The van der Waals surface area contributed by atoms with Gasteiger partial charge >= 0.3 is 0 Å². The molecule has 0 atom stereocenters. The van der Waals surface area contributed by atoms with Gasteiger partial charge in [-0.15, -0.1) is 0 Å². The van der Waals surface area contributed by atoms with Crippen LogP contribution in [-0.2, 0) is 11.8 Å². The van der Waals surface area contributed by atoms with Crippen LogP contribution in [0, 0.1) is 13.8 Å². The van der Waals surface area contributed by atoms with Crippen molar-refractivity contribution in [1.82, 2.24) is 4.57 Å². The number of rotatable bonds is 3. The predicted molar refractivity (Wildman–Crippen MR) is 80.5 cm³/mol. The Balaban J connectivity index is 2.46. The van der Waals surface area contributed by atoms with Crippen molar-refractivity contribution in [2.45, 2.75) is 27.7 Å². The van der Waals surface area contributed by atoms with Crippen LogP contribution in [0.1, 0.15) is 25.1 Å². The molecule has 0 unspecified atom stereocenters. The summed E-state index contributed by atoms with van der Waals surface area (Å²) in [6, 6.07) is 6.49. The molecule has 3 nitrogen and oxygen atoms in total. The molecule has 2 rings (SSSR count). The van der Waals surface area contributed by atoms with Gasteiger partial charge in [0.2, 0.25) is 0 Å². The number of anilines is 1. The number of ketones is 1. The molecule has 0 aliphatic rings. The summed E-state index contributed by atoms with van der Waals surface area (Å²) in [5, 5.41) is 4.54. The summed E-state index contributed by atoms with van der Waals surface area (Å²) in [5.74, 6) is 0.0541. The monoisotopic (exact) mass is 256 g/mol. The van der Waals surface area contributed by atoms with Gasteiger partial charge in [-0.3, -0.25) is 4.79 Å². The second-order valence-electron chi connectivity index (χ2n) is 5.13. The first-order valence-electron chi connectivity index (χ1n) is 6.41. The lowest BCUT2D eigenvalue weighted by Gasteiger charge is -2.11. The van der Waals surface area contributed by atoms with E-state index < -0.39 is 0 Å². The average molecular weight is 256 g/mol. The molecule has 0 aliphatic heterocycles. The topological polar surface area (TPSA) is 34.0 Å². The van der Waals surface area contributed by atoms with Crippen molar-refractivity contribution < 1.29 is 4.79 Å². The Labute approximate surface area is 113 Å². The van der Waals surface area contributed by atoms with Gasteiger partial charge in [0.05, 0.1) is 5.52 Å². The van der Waals surface area contributed by atoms with Crippen LogP contribution in [0.4, 0.5) is 5.69 Å². The molecule has 1 aromatic carbocycles. The summed E-state index contributed by atoms with van der Waals surface area (Å²) in [4.78, 5) is 11.1. The van der Waals surface area contributed by atoms with E-state index in [1.54, 1.807) is 13.0 Å². The van der Waals surface area contributed by atoms with Crippen LogP contribution < -0.4 is 5.32 Å². The fourth-order valence-electron chi connectivity index (χ4n) is 2.32. The van der Waals surface area contributed by atoms with Gasteiger partial charge in [-0.2, -0.15) is 0 Å². The van der Waals surface area contributed by atoms with Crippen LogP contribution in [0.3, 0.4) is 0 Å². The van der Waals surface area contributed by atoms with Crippen molar-refractivity contribution in [3.05, 3.63) is 41.2 Å². The van der Waals surface area contributed by atoms with Gasteiger partial charge in [0, 0.05) is 29.5 Å². The van der Waals surface area contributed by atoms with Gasteiger partial charge in [0.1, 0.15) is 0 Å². The molecule has 1 heterocycles. The lowest BCUT2D eigenvalue weighted by Crippen LogP contribution is -2.00. The molecule has 0 amide bonds. The minimum Gasteiger partial charge on any atom is -0.359 e. The summed E-state index contributed by atoms with van der Waals surface area (Å²) in [5.41, 5.74) is 5.52. The van der Waals surface area contributed by atoms with Crippen LogP contribution in [0.5, 0.6) is 0 Å². The van der Waals surface area contributed by atoms with E-state index in [-0.39, 0.29) is 5.78 Å². The number of allylic oxidation sites excluding steroid dienone is 2. The minimum atomic E-state index is 0.0541. The molecule has 0 spiro atoms. The number of hydrogen-bond donors (Lipinski definition) is 1. The fraction of sp³-hybridized carbons (Fsp3) is 0.312. The maximum absolute atomic E-state index is 11.1. The normalized spacial score (nSPS) is 11.9. The van der Waals surface area contributed by atoms with Crippen molar-refractivity contribution in [3.8, 4) is 0 Å². The highest BCUT2D eigenvalue weighted by atomic mass is 16.1. The van der Waals surface area contributed by atoms with Crippen LogP contribution in [0.2, 0.25) is 0 Å². The van der Waals surface area contributed by atoms with Crippen LogP contribution in [0.15, 0.2) is 30.0 Å². The Kier molecular flexibility index (Phi) is 3.47. The minimum absolute atomic E-state index is 0.0541. The third kappa shape index (κ3) is 2.70. The first-order chi connectivity index (χ1) is 8.88. The molecular weight excluding hydrogens is 236 g/mol. The number of hydrogen-bond acceptors (Lipinski definition) is 2. The third-order valence-corrected chi connectivity index (χ3v) is 3.38. The molecule has 0 fully saturated rings. The molecule has 100 valence electrons. The smallest absolute Gasteiger partial charge is 0.154 e. The van der Waals surface area contributed by atoms with Crippen LogP contribution >= 0.6 is 0 Å². The Morgan fingerprint density at radius 1 is 1.21 bits per heavy atom. The van der Waals surface area contributed by atoms with Gasteiger partial charge < -0.3 is 9.88 Å². The molecule has 0 saturated carbocycles. The number of fused-ring (bicyclic) bond motifs is 1. The second-order valence-corrected chi connectivity index (χ2v) is 5.13. The molecule has 0 saturated heterocycles. The van der Waals surface area contributed by atoms with Crippen molar-refractivity contribution in [3.63, 3.8) is 0 Å². The molecule has 0 aliphatic carbocycles. The van der Waals surface area contributed by atoms with Gasteiger partial charge in [0.25, 0.3) is 0 Å². The highest BCUT2D eigenvalue weighted by Gasteiger charge is 2.07. The van der Waals surface area contributed by atoms with Gasteiger partial charge in [-0.1, -0.05) is 0 Å². The molecule has 19 heavy (non-hydrogen) atoms. The standard InChI is InChI=1S/C16H20N2O/c1-10-6-14-8-12(3)18(5)16(14)9-15(10)17-11(2)7-13(4)19/h6-9,17H,1-5H3. The zero-order chi connectivity index (χ0) is 14.2. The number of aryl methyl sites for hydroxylation is 3. The summed E-state index contributed by atoms with van der Waals surface area (Å²) in [7, 11) is 2.06. The first kappa shape index (κ1) is 13.4. The zero-order valence-corrected chi connectivity index (χ0v) is 12.2. The molecule has 1 N–H and O–H groups in total. The number of nitrogens with zero attached hydrogens (tertiary/aromatic N) is 1. The van der Waals surface area contributed by atoms with Crippen molar-refractivity contribution in [2.24, 2.45) is 7.05 Å². The molecular formula is C16H20N2O. The zero-order valence-electron chi connectivity index (χ0n) is 12.2. The molecule has 0 bridgehead atoms. The van der Waals surface area contributed by atoms with E-state index in [2.05, 4.69) is 49.0 Å². The van der Waals surface area contributed by atoms with E-state index in [9.17, 15) is 4.79 Å². The third-order valence-electron chi connectivity index (χ3n) is 3.38. The van der Waals surface area contributed by atoms with Gasteiger partial charge in [-0.05, 0) is 57.5 Å². The Morgan fingerprint density at radius 3 is 2.53 bits per heavy atom. The van der Waals surface area contributed by atoms with E-state index in [0.29, 0.717) is 0 Å². The van der Waals surface area contributed by atoms with E-state index in [0.717, 1.165) is 11.4 Å². The number of carbonyl (C=O) groups is 1. The fourth-order valence-corrected chi connectivity index (χ4v) is 2.32. The average Bonchev–Trinajstić information content (AvgIpc) is 2.55. The second kappa shape index (κ2) is 4.92. The molecule has 2 aromatic rings. The maximum atomic E-state index is 11.1. The van der Waals surface area contributed by atoms with Crippen LogP contribution in [0.25, 0.3) is 10.9 Å². The first-order valence-corrected chi connectivity index (χ1v) is 6.41. The van der Waals surface area contributed by atoms with Crippen molar-refractivity contribution >= 4 is 22.4 Å². The summed E-state index contributed by atoms with van der Waals surface area (Å²) < 4.78 is 2.17.